The highest BCUT2D eigenvalue weighted by Crippen LogP contribution is 2.28. The third-order valence-corrected chi connectivity index (χ3v) is 6.24. The van der Waals surface area contributed by atoms with Crippen LogP contribution in [-0.2, 0) is 11.3 Å². The molecule has 1 saturated heterocycles. The van der Waals surface area contributed by atoms with Crippen LogP contribution >= 0.6 is 22.7 Å². The molecule has 1 unspecified atom stereocenters. The van der Waals surface area contributed by atoms with Crippen LogP contribution in [-0.4, -0.2) is 34.3 Å². The number of amides is 2. The molecule has 1 aliphatic heterocycles. The molecule has 0 aromatic carbocycles. The minimum absolute atomic E-state index is 0.134. The first kappa shape index (κ1) is 17.0. The van der Waals surface area contributed by atoms with E-state index in [0.29, 0.717) is 25.1 Å². The van der Waals surface area contributed by atoms with E-state index in [1.54, 1.807) is 33.6 Å². The molecule has 0 spiro atoms. The zero-order valence-electron chi connectivity index (χ0n) is 13.9. The molecule has 1 aliphatic rings. The predicted molar refractivity (Wildman–Crippen MR) is 100 cm³/mol. The monoisotopic (exact) mass is 387 g/mol. The number of thiazole rings is 1. The normalized spacial score (nSPS) is 16.8. The van der Waals surface area contributed by atoms with E-state index in [1.165, 1.54) is 12.5 Å². The third kappa shape index (κ3) is 3.42. The van der Waals surface area contributed by atoms with Crippen molar-refractivity contribution in [3.05, 3.63) is 52.7 Å². The van der Waals surface area contributed by atoms with Gasteiger partial charge in [0.15, 0.2) is 0 Å². The number of nitrogens with one attached hydrogen (secondary N) is 1. The Bertz CT molecular complexity index is 887. The first-order chi connectivity index (χ1) is 12.7. The van der Waals surface area contributed by atoms with E-state index in [0.717, 1.165) is 22.0 Å². The maximum Gasteiger partial charge on any atom is 0.257 e. The molecule has 134 valence electrons. The predicted octanol–water partition coefficient (Wildman–Crippen LogP) is 3.39. The number of hydrogen-bond donors (Lipinski definition) is 1. The Labute approximate surface area is 158 Å². The maximum atomic E-state index is 12.6. The smallest absolute Gasteiger partial charge is 0.257 e. The van der Waals surface area contributed by atoms with Gasteiger partial charge in [0.1, 0.15) is 17.3 Å². The van der Waals surface area contributed by atoms with Crippen LogP contribution in [0.3, 0.4) is 0 Å². The summed E-state index contributed by atoms with van der Waals surface area (Å²) in [6, 6.07) is 5.21. The van der Waals surface area contributed by atoms with Crippen molar-refractivity contribution in [2.45, 2.75) is 25.4 Å². The van der Waals surface area contributed by atoms with E-state index >= 15 is 0 Å². The molecular weight excluding hydrogens is 370 g/mol. The van der Waals surface area contributed by atoms with Crippen molar-refractivity contribution < 1.29 is 14.0 Å². The van der Waals surface area contributed by atoms with Gasteiger partial charge in [-0.2, -0.15) is 0 Å². The molecule has 4 rings (SSSR count). The minimum Gasteiger partial charge on any atom is -0.472 e. The van der Waals surface area contributed by atoms with Gasteiger partial charge >= 0.3 is 0 Å². The Morgan fingerprint density at radius 1 is 1.35 bits per heavy atom. The van der Waals surface area contributed by atoms with Crippen LogP contribution in [0.1, 0.15) is 28.9 Å². The Hall–Kier alpha value is -2.45. The number of aromatic nitrogens is 1. The van der Waals surface area contributed by atoms with Crippen molar-refractivity contribution in [3.63, 3.8) is 0 Å². The zero-order valence-corrected chi connectivity index (χ0v) is 15.5. The van der Waals surface area contributed by atoms with Crippen LogP contribution < -0.4 is 5.32 Å². The molecule has 0 aliphatic carbocycles. The Kier molecular flexibility index (Phi) is 4.85. The molecule has 26 heavy (non-hydrogen) atoms. The molecule has 1 atom stereocenters. The molecule has 0 radical (unpaired) electrons. The third-order valence-electron chi connectivity index (χ3n) is 4.31. The summed E-state index contributed by atoms with van der Waals surface area (Å²) in [4.78, 5) is 32.4. The summed E-state index contributed by atoms with van der Waals surface area (Å²) >= 11 is 3.21. The summed E-state index contributed by atoms with van der Waals surface area (Å²) in [6.45, 7) is 0.951. The molecule has 3 aromatic heterocycles. The molecule has 0 bridgehead atoms. The molecule has 3 aromatic rings. The van der Waals surface area contributed by atoms with Crippen molar-refractivity contribution in [3.8, 4) is 9.88 Å². The van der Waals surface area contributed by atoms with Crippen molar-refractivity contribution in [2.24, 2.45) is 0 Å². The maximum absolute atomic E-state index is 12.6. The van der Waals surface area contributed by atoms with Gasteiger partial charge in [-0.3, -0.25) is 9.59 Å². The molecule has 4 heterocycles. The van der Waals surface area contributed by atoms with E-state index in [-0.39, 0.29) is 11.8 Å². The highest BCUT2D eigenvalue weighted by Gasteiger charge is 2.34. The number of rotatable bonds is 5. The number of carbonyl (C=O) groups excluding carboxylic acids is 2. The van der Waals surface area contributed by atoms with Crippen LogP contribution in [0.25, 0.3) is 9.88 Å². The van der Waals surface area contributed by atoms with Gasteiger partial charge in [0.25, 0.3) is 5.91 Å². The van der Waals surface area contributed by atoms with Crippen molar-refractivity contribution in [1.82, 2.24) is 15.2 Å². The average molecular weight is 387 g/mol. The molecule has 0 saturated carbocycles. The topological polar surface area (TPSA) is 75.4 Å². The summed E-state index contributed by atoms with van der Waals surface area (Å²) in [5.41, 5.74) is 1.31. The molecule has 8 heteroatoms. The minimum atomic E-state index is -0.437. The van der Waals surface area contributed by atoms with E-state index < -0.39 is 6.04 Å². The number of thiophene rings is 1. The molecule has 6 nitrogen and oxygen atoms in total. The van der Waals surface area contributed by atoms with Gasteiger partial charge in [0, 0.05) is 11.9 Å². The second kappa shape index (κ2) is 7.43. The summed E-state index contributed by atoms with van der Waals surface area (Å²) in [5, 5.41) is 7.86. The molecule has 2 amide bonds. The Balaban J connectivity index is 1.38. The largest absolute Gasteiger partial charge is 0.472 e. The van der Waals surface area contributed by atoms with Gasteiger partial charge in [0.05, 0.1) is 28.9 Å². The lowest BCUT2D eigenvalue weighted by Crippen LogP contribution is -2.45. The number of carbonyl (C=O) groups is 2. The second-order valence-corrected chi connectivity index (χ2v) is 7.81. The highest BCUT2D eigenvalue weighted by molar-refractivity contribution is 7.20. The van der Waals surface area contributed by atoms with Crippen LogP contribution in [0.2, 0.25) is 0 Å². The van der Waals surface area contributed by atoms with Crippen molar-refractivity contribution in [1.29, 1.82) is 0 Å². The summed E-state index contributed by atoms with van der Waals surface area (Å²) in [7, 11) is 0. The molecule has 1 N–H and O–H groups in total. The lowest BCUT2D eigenvalue weighted by molar-refractivity contribution is -0.125. The van der Waals surface area contributed by atoms with Gasteiger partial charge < -0.3 is 14.6 Å². The molecule has 1 fully saturated rings. The lowest BCUT2D eigenvalue weighted by atomic mass is 10.2. The molecular formula is C18H17N3O3S2. The van der Waals surface area contributed by atoms with Gasteiger partial charge in [-0.05, 0) is 30.4 Å². The first-order valence-electron chi connectivity index (χ1n) is 8.31. The first-order valence-corrected chi connectivity index (χ1v) is 10.1. The lowest BCUT2D eigenvalue weighted by Gasteiger charge is -2.23. The fourth-order valence-electron chi connectivity index (χ4n) is 3.03. The number of likely N-dealkylation sites (tertiary alicyclic amines) is 1. The second-order valence-electron chi connectivity index (χ2n) is 6.01. The summed E-state index contributed by atoms with van der Waals surface area (Å²) in [5.74, 6) is -0.296. The summed E-state index contributed by atoms with van der Waals surface area (Å²) < 4.78 is 4.97. The van der Waals surface area contributed by atoms with Crippen molar-refractivity contribution >= 4 is 34.5 Å². The average Bonchev–Trinajstić information content (AvgIpc) is 3.44. The van der Waals surface area contributed by atoms with E-state index in [9.17, 15) is 9.59 Å². The zero-order chi connectivity index (χ0) is 17.9. The summed E-state index contributed by atoms with van der Waals surface area (Å²) in [6.07, 6.45) is 4.37. The van der Waals surface area contributed by atoms with E-state index in [1.807, 2.05) is 22.9 Å². The SMILES string of the molecule is O=C(NCc1csc(-c2cccs2)n1)C1CCCN1C(=O)c1ccoc1. The number of nitrogens with zero attached hydrogens (tertiary/aromatic N) is 2. The quantitative estimate of drug-likeness (QED) is 0.728. The van der Waals surface area contributed by atoms with Crippen LogP contribution in [0.5, 0.6) is 0 Å². The Morgan fingerprint density at radius 2 is 2.27 bits per heavy atom. The highest BCUT2D eigenvalue weighted by atomic mass is 32.1. The standard InChI is InChI=1S/C18H17N3O3S2/c22-16(14-3-1-6-21(14)18(23)12-5-7-24-10-12)19-9-13-11-26-17(20-13)15-4-2-8-25-15/h2,4-5,7-8,10-11,14H,1,3,6,9H2,(H,19,22). The van der Waals surface area contributed by atoms with Gasteiger partial charge in [0.2, 0.25) is 5.91 Å². The van der Waals surface area contributed by atoms with E-state index in [4.69, 9.17) is 4.42 Å². The van der Waals surface area contributed by atoms with E-state index in [2.05, 4.69) is 10.3 Å². The van der Waals surface area contributed by atoms with Gasteiger partial charge in [-0.15, -0.1) is 22.7 Å². The van der Waals surface area contributed by atoms with Gasteiger partial charge in [-0.25, -0.2) is 4.98 Å². The van der Waals surface area contributed by atoms with Crippen LogP contribution in [0.4, 0.5) is 0 Å². The van der Waals surface area contributed by atoms with Crippen molar-refractivity contribution in [2.75, 3.05) is 6.54 Å². The number of furan rings is 1. The fourth-order valence-corrected chi connectivity index (χ4v) is 4.67. The van der Waals surface area contributed by atoms with Gasteiger partial charge in [-0.1, -0.05) is 6.07 Å². The Morgan fingerprint density at radius 3 is 3.04 bits per heavy atom. The number of hydrogen-bond acceptors (Lipinski definition) is 6. The van der Waals surface area contributed by atoms with Crippen LogP contribution in [0.15, 0.2) is 45.9 Å². The van der Waals surface area contributed by atoms with Crippen LogP contribution in [0, 0.1) is 0 Å². The fraction of sp³-hybridized carbons (Fsp3) is 0.278.